The van der Waals surface area contributed by atoms with Crippen LogP contribution in [0.25, 0.3) is 0 Å². The molecule has 2 aromatic carbocycles. The molecule has 0 aliphatic rings. The highest BCUT2D eigenvalue weighted by atomic mass is 35.5. The van der Waals surface area contributed by atoms with Gasteiger partial charge in [-0.1, -0.05) is 11.6 Å². The fourth-order valence-corrected chi connectivity index (χ4v) is 3.53. The number of ether oxygens (including phenoxy) is 2. The number of hydrogen-bond acceptors (Lipinski definition) is 5. The molecule has 9 heteroatoms. The largest absolute Gasteiger partial charge is 0.495 e. The summed E-state index contributed by atoms with van der Waals surface area (Å²) in [4.78, 5) is 12.4. The maximum Gasteiger partial charge on any atom is 0.245 e. The first kappa shape index (κ1) is 21.8. The molecule has 0 atom stereocenters. The number of rotatable bonds is 8. The summed E-state index contributed by atoms with van der Waals surface area (Å²) in [6.07, 6.45) is 1.07. The fraction of sp³-hybridized carbons (Fsp3) is 0.316. The number of halogens is 1. The molecule has 0 spiro atoms. The van der Waals surface area contributed by atoms with E-state index in [-0.39, 0.29) is 16.8 Å². The average Bonchev–Trinajstić information content (AvgIpc) is 2.60. The van der Waals surface area contributed by atoms with Crippen LogP contribution in [-0.4, -0.2) is 40.3 Å². The van der Waals surface area contributed by atoms with Crippen molar-refractivity contribution in [2.75, 3.05) is 29.5 Å². The Balaban J connectivity index is 2.14. The van der Waals surface area contributed by atoms with Crippen LogP contribution >= 0.6 is 11.6 Å². The zero-order valence-electron chi connectivity index (χ0n) is 16.1. The van der Waals surface area contributed by atoms with Crippen LogP contribution in [-0.2, 0) is 14.8 Å². The maximum atomic E-state index is 12.4. The van der Waals surface area contributed by atoms with Crippen LogP contribution in [0.4, 0.5) is 11.4 Å². The summed E-state index contributed by atoms with van der Waals surface area (Å²) in [5.74, 6) is 0.598. The molecule has 0 unspecified atom stereocenters. The zero-order valence-corrected chi connectivity index (χ0v) is 17.7. The van der Waals surface area contributed by atoms with Crippen molar-refractivity contribution >= 4 is 38.9 Å². The molecule has 152 valence electrons. The lowest BCUT2D eigenvalue weighted by atomic mass is 10.3. The lowest BCUT2D eigenvalue weighted by Crippen LogP contribution is -2.37. The van der Waals surface area contributed by atoms with Gasteiger partial charge in [-0.15, -0.1) is 0 Å². The standard InChI is InChI=1S/C19H23ClN2O5S/c1-13(2)27-16-8-5-14(6-9-16)21-19(23)12-22(28(4,24)25)15-7-10-18(26-3)17(20)11-15/h5-11,13H,12H2,1-4H3,(H,21,23). The summed E-state index contributed by atoms with van der Waals surface area (Å²) in [5, 5.41) is 2.92. The van der Waals surface area contributed by atoms with Gasteiger partial charge in [-0.05, 0) is 56.3 Å². The third-order valence-electron chi connectivity index (χ3n) is 3.62. The van der Waals surface area contributed by atoms with Crippen LogP contribution < -0.4 is 19.1 Å². The first-order valence-corrected chi connectivity index (χ1v) is 10.7. The second-order valence-corrected chi connectivity index (χ2v) is 8.64. The van der Waals surface area contributed by atoms with Crippen LogP contribution in [0.15, 0.2) is 42.5 Å². The number of carbonyl (C=O) groups is 1. The smallest absolute Gasteiger partial charge is 0.245 e. The summed E-state index contributed by atoms with van der Waals surface area (Å²) < 4.78 is 36.0. The highest BCUT2D eigenvalue weighted by Crippen LogP contribution is 2.30. The van der Waals surface area contributed by atoms with Gasteiger partial charge in [0.15, 0.2) is 0 Å². The quantitative estimate of drug-likeness (QED) is 0.697. The Morgan fingerprint density at radius 3 is 2.32 bits per heavy atom. The fourth-order valence-electron chi connectivity index (χ4n) is 2.43. The number of carbonyl (C=O) groups excluding carboxylic acids is 1. The molecule has 0 aliphatic heterocycles. The van der Waals surface area contributed by atoms with E-state index in [2.05, 4.69) is 5.32 Å². The Hall–Kier alpha value is -2.45. The van der Waals surface area contributed by atoms with Crippen molar-refractivity contribution in [3.8, 4) is 11.5 Å². The van der Waals surface area contributed by atoms with E-state index in [0.29, 0.717) is 17.2 Å². The highest BCUT2D eigenvalue weighted by molar-refractivity contribution is 7.92. The SMILES string of the molecule is COc1ccc(N(CC(=O)Nc2ccc(OC(C)C)cc2)S(C)(=O)=O)cc1Cl. The van der Waals surface area contributed by atoms with Gasteiger partial charge in [0.2, 0.25) is 15.9 Å². The second-order valence-electron chi connectivity index (χ2n) is 6.33. The summed E-state index contributed by atoms with van der Waals surface area (Å²) in [6, 6.07) is 11.3. The lowest BCUT2D eigenvalue weighted by molar-refractivity contribution is -0.114. The topological polar surface area (TPSA) is 84.9 Å². The van der Waals surface area contributed by atoms with Gasteiger partial charge in [-0.2, -0.15) is 0 Å². The second kappa shape index (κ2) is 9.16. The molecule has 0 heterocycles. The molecular formula is C19H23ClN2O5S. The van der Waals surface area contributed by atoms with Gasteiger partial charge in [0.25, 0.3) is 0 Å². The van der Waals surface area contributed by atoms with Gasteiger partial charge in [-0.3, -0.25) is 9.10 Å². The van der Waals surface area contributed by atoms with Crippen molar-refractivity contribution in [1.82, 2.24) is 0 Å². The number of anilines is 2. The predicted octanol–water partition coefficient (Wildman–Crippen LogP) is 3.54. The van der Waals surface area contributed by atoms with Crippen LogP contribution in [0, 0.1) is 0 Å². The normalized spacial score (nSPS) is 11.2. The van der Waals surface area contributed by atoms with Gasteiger partial charge in [-0.25, -0.2) is 8.42 Å². The molecule has 0 aromatic heterocycles. The maximum absolute atomic E-state index is 12.4. The average molecular weight is 427 g/mol. The molecule has 0 radical (unpaired) electrons. The molecule has 2 rings (SSSR count). The Bertz CT molecular complexity index is 930. The van der Waals surface area contributed by atoms with Crippen molar-refractivity contribution in [1.29, 1.82) is 0 Å². The van der Waals surface area contributed by atoms with Gasteiger partial charge < -0.3 is 14.8 Å². The number of methoxy groups -OCH3 is 1. The number of amides is 1. The molecule has 7 nitrogen and oxygen atoms in total. The van der Waals surface area contributed by atoms with E-state index < -0.39 is 22.5 Å². The summed E-state index contributed by atoms with van der Waals surface area (Å²) in [7, 11) is -2.25. The molecule has 2 aromatic rings. The van der Waals surface area contributed by atoms with Crippen LogP contribution in [0.2, 0.25) is 5.02 Å². The zero-order chi connectivity index (χ0) is 20.9. The molecule has 0 aliphatic carbocycles. The van der Waals surface area contributed by atoms with Crippen LogP contribution in [0.3, 0.4) is 0 Å². The van der Waals surface area contributed by atoms with E-state index >= 15 is 0 Å². The van der Waals surface area contributed by atoms with Crippen LogP contribution in [0.1, 0.15) is 13.8 Å². The number of sulfonamides is 1. The van der Waals surface area contributed by atoms with E-state index in [9.17, 15) is 13.2 Å². The molecular weight excluding hydrogens is 404 g/mol. The lowest BCUT2D eigenvalue weighted by Gasteiger charge is -2.22. The predicted molar refractivity (Wildman–Crippen MR) is 111 cm³/mol. The first-order chi connectivity index (χ1) is 13.1. The third-order valence-corrected chi connectivity index (χ3v) is 5.06. The minimum absolute atomic E-state index is 0.0417. The van der Waals surface area contributed by atoms with Gasteiger partial charge in [0, 0.05) is 5.69 Å². The molecule has 0 saturated carbocycles. The van der Waals surface area contributed by atoms with Crippen LogP contribution in [0.5, 0.6) is 11.5 Å². The van der Waals surface area contributed by atoms with Crippen molar-refractivity contribution in [3.63, 3.8) is 0 Å². The van der Waals surface area contributed by atoms with Crippen molar-refractivity contribution in [2.45, 2.75) is 20.0 Å². The Morgan fingerprint density at radius 2 is 1.82 bits per heavy atom. The van der Waals surface area contributed by atoms with Crippen molar-refractivity contribution in [2.24, 2.45) is 0 Å². The minimum atomic E-state index is -3.71. The van der Waals surface area contributed by atoms with E-state index in [1.165, 1.54) is 19.2 Å². The number of hydrogen-bond donors (Lipinski definition) is 1. The van der Waals surface area contributed by atoms with Gasteiger partial charge in [0.05, 0.1) is 30.2 Å². The van der Waals surface area contributed by atoms with E-state index in [0.717, 1.165) is 10.6 Å². The van der Waals surface area contributed by atoms with Gasteiger partial charge in [0.1, 0.15) is 18.0 Å². The Kier molecular flexibility index (Phi) is 7.15. The van der Waals surface area contributed by atoms with Gasteiger partial charge >= 0.3 is 0 Å². The number of nitrogens with zero attached hydrogens (tertiary/aromatic N) is 1. The number of benzene rings is 2. The Labute approximate surface area is 170 Å². The molecule has 28 heavy (non-hydrogen) atoms. The summed E-state index contributed by atoms with van der Waals surface area (Å²) in [6.45, 7) is 3.44. The molecule has 0 fully saturated rings. The summed E-state index contributed by atoms with van der Waals surface area (Å²) >= 11 is 6.08. The first-order valence-electron chi connectivity index (χ1n) is 8.48. The summed E-state index contributed by atoms with van der Waals surface area (Å²) in [5.41, 5.74) is 0.798. The highest BCUT2D eigenvalue weighted by Gasteiger charge is 2.22. The monoisotopic (exact) mass is 426 g/mol. The van der Waals surface area contributed by atoms with E-state index in [1.807, 2.05) is 13.8 Å². The molecule has 1 N–H and O–H groups in total. The molecule has 0 saturated heterocycles. The molecule has 0 bridgehead atoms. The van der Waals surface area contributed by atoms with E-state index in [1.54, 1.807) is 30.3 Å². The third kappa shape index (κ3) is 6.03. The Morgan fingerprint density at radius 1 is 1.18 bits per heavy atom. The molecule has 1 amide bonds. The van der Waals surface area contributed by atoms with Crippen molar-refractivity contribution in [3.05, 3.63) is 47.5 Å². The van der Waals surface area contributed by atoms with Crippen molar-refractivity contribution < 1.29 is 22.7 Å². The minimum Gasteiger partial charge on any atom is -0.495 e. The van der Waals surface area contributed by atoms with E-state index in [4.69, 9.17) is 21.1 Å². The number of nitrogens with one attached hydrogen (secondary N) is 1.